The Morgan fingerprint density at radius 1 is 0.391 bits per heavy atom. The number of nitrogens with zero attached hydrogens (tertiary/aromatic N) is 2. The standard InChI is InChI=1S/C44H30N2/c1-3-18-35(19-4-1)45(38-27-26-31-14-7-8-15-32(31)28-38)37-22-13-17-33(29-37)41-30-34-16-9-10-23-39(34)44-43(41)40-24-11-12-25-42(40)46(44)36-20-5-2-6-21-36/h1-30H. The molecule has 1 heterocycles. The molecule has 0 unspecified atom stereocenters. The zero-order valence-electron chi connectivity index (χ0n) is 25.2. The van der Waals surface area contributed by atoms with Crippen LogP contribution >= 0.6 is 0 Å². The van der Waals surface area contributed by atoms with Crippen molar-refractivity contribution >= 4 is 60.4 Å². The van der Waals surface area contributed by atoms with Crippen LogP contribution in [0.3, 0.4) is 0 Å². The molecule has 0 aliphatic carbocycles. The Labute approximate surface area is 268 Å². The van der Waals surface area contributed by atoms with E-state index in [0.717, 1.165) is 22.7 Å². The number of fused-ring (bicyclic) bond motifs is 6. The molecule has 0 saturated carbocycles. The van der Waals surface area contributed by atoms with Crippen LogP contribution in [0.1, 0.15) is 0 Å². The minimum absolute atomic E-state index is 1.12. The second kappa shape index (κ2) is 10.8. The first-order valence-corrected chi connectivity index (χ1v) is 15.8. The van der Waals surface area contributed by atoms with Crippen LogP contribution in [-0.4, -0.2) is 4.57 Å². The quantitative estimate of drug-likeness (QED) is 0.195. The monoisotopic (exact) mass is 586 g/mol. The third kappa shape index (κ3) is 4.27. The van der Waals surface area contributed by atoms with Gasteiger partial charge in [0.2, 0.25) is 0 Å². The van der Waals surface area contributed by atoms with Crippen LogP contribution in [0.2, 0.25) is 0 Å². The van der Waals surface area contributed by atoms with Crippen molar-refractivity contribution < 1.29 is 0 Å². The average molecular weight is 587 g/mol. The lowest BCUT2D eigenvalue weighted by Crippen LogP contribution is -2.09. The average Bonchev–Trinajstić information content (AvgIpc) is 3.48. The van der Waals surface area contributed by atoms with Gasteiger partial charge in [0.1, 0.15) is 0 Å². The lowest BCUT2D eigenvalue weighted by Gasteiger charge is -2.26. The Hall–Kier alpha value is -6.12. The van der Waals surface area contributed by atoms with Crippen molar-refractivity contribution in [2.75, 3.05) is 4.90 Å². The Kier molecular flexibility index (Phi) is 6.17. The van der Waals surface area contributed by atoms with Crippen LogP contribution in [0, 0.1) is 0 Å². The van der Waals surface area contributed by atoms with Crippen molar-refractivity contribution in [2.24, 2.45) is 0 Å². The molecule has 0 aliphatic rings. The van der Waals surface area contributed by atoms with Gasteiger partial charge in [-0.25, -0.2) is 0 Å². The fourth-order valence-electron chi connectivity index (χ4n) is 7.06. The minimum atomic E-state index is 1.12. The fourth-order valence-corrected chi connectivity index (χ4v) is 7.06. The van der Waals surface area contributed by atoms with Crippen molar-refractivity contribution in [2.45, 2.75) is 0 Å². The molecule has 46 heavy (non-hydrogen) atoms. The molecule has 0 fully saturated rings. The van der Waals surface area contributed by atoms with E-state index in [-0.39, 0.29) is 0 Å². The van der Waals surface area contributed by atoms with Crippen molar-refractivity contribution in [3.05, 3.63) is 182 Å². The van der Waals surface area contributed by atoms with Gasteiger partial charge in [-0.15, -0.1) is 0 Å². The number of aromatic nitrogens is 1. The third-order valence-electron chi connectivity index (χ3n) is 9.10. The second-order valence-corrected chi connectivity index (χ2v) is 11.8. The molecule has 0 atom stereocenters. The molecular formula is C44H30N2. The Morgan fingerprint density at radius 3 is 1.85 bits per heavy atom. The Morgan fingerprint density at radius 2 is 1.02 bits per heavy atom. The maximum atomic E-state index is 2.44. The van der Waals surface area contributed by atoms with E-state index < -0.39 is 0 Å². The first kappa shape index (κ1) is 26.3. The van der Waals surface area contributed by atoms with Crippen LogP contribution in [0.5, 0.6) is 0 Å². The molecule has 0 spiro atoms. The summed E-state index contributed by atoms with van der Waals surface area (Å²) >= 11 is 0. The second-order valence-electron chi connectivity index (χ2n) is 11.8. The summed E-state index contributed by atoms with van der Waals surface area (Å²) in [6.45, 7) is 0. The van der Waals surface area contributed by atoms with E-state index in [1.54, 1.807) is 0 Å². The zero-order valence-corrected chi connectivity index (χ0v) is 25.2. The maximum Gasteiger partial charge on any atom is 0.0625 e. The first-order chi connectivity index (χ1) is 22.8. The highest BCUT2D eigenvalue weighted by Crippen LogP contribution is 2.44. The summed E-state index contributed by atoms with van der Waals surface area (Å²) in [5.41, 5.74) is 9.40. The van der Waals surface area contributed by atoms with Gasteiger partial charge in [0.15, 0.2) is 0 Å². The van der Waals surface area contributed by atoms with Crippen molar-refractivity contribution in [3.8, 4) is 16.8 Å². The fraction of sp³-hybridized carbons (Fsp3) is 0. The van der Waals surface area contributed by atoms with Gasteiger partial charge in [0, 0.05) is 38.9 Å². The lowest BCUT2D eigenvalue weighted by atomic mass is 9.94. The molecule has 0 saturated heterocycles. The van der Waals surface area contributed by atoms with E-state index in [9.17, 15) is 0 Å². The Balaban J connectivity index is 1.32. The van der Waals surface area contributed by atoms with Crippen LogP contribution in [0.15, 0.2) is 182 Å². The smallest absolute Gasteiger partial charge is 0.0625 e. The van der Waals surface area contributed by atoms with E-state index in [0.29, 0.717) is 0 Å². The minimum Gasteiger partial charge on any atom is -0.310 e. The van der Waals surface area contributed by atoms with E-state index >= 15 is 0 Å². The summed E-state index contributed by atoms with van der Waals surface area (Å²) in [7, 11) is 0. The summed E-state index contributed by atoms with van der Waals surface area (Å²) in [6, 6.07) is 65.7. The molecule has 1 aromatic heterocycles. The molecule has 0 amide bonds. The number of hydrogen-bond donors (Lipinski definition) is 0. The molecule has 216 valence electrons. The number of hydrogen-bond acceptors (Lipinski definition) is 1. The summed E-state index contributed by atoms with van der Waals surface area (Å²) in [6.07, 6.45) is 0. The zero-order chi connectivity index (χ0) is 30.5. The van der Waals surface area contributed by atoms with Crippen LogP contribution in [0.25, 0.3) is 60.2 Å². The molecule has 0 radical (unpaired) electrons. The highest BCUT2D eigenvalue weighted by Gasteiger charge is 2.20. The number of benzene rings is 8. The molecule has 0 aliphatic heterocycles. The predicted molar refractivity (Wildman–Crippen MR) is 196 cm³/mol. The van der Waals surface area contributed by atoms with Crippen LogP contribution < -0.4 is 4.90 Å². The van der Waals surface area contributed by atoms with Gasteiger partial charge in [-0.05, 0) is 87.9 Å². The molecule has 2 nitrogen and oxygen atoms in total. The number of para-hydroxylation sites is 3. The molecule has 2 heteroatoms. The van der Waals surface area contributed by atoms with Gasteiger partial charge in [0.05, 0.1) is 11.0 Å². The van der Waals surface area contributed by atoms with E-state index in [4.69, 9.17) is 0 Å². The van der Waals surface area contributed by atoms with E-state index in [1.807, 2.05) is 0 Å². The van der Waals surface area contributed by atoms with E-state index in [1.165, 1.54) is 54.5 Å². The van der Waals surface area contributed by atoms with Gasteiger partial charge in [-0.2, -0.15) is 0 Å². The number of anilines is 3. The van der Waals surface area contributed by atoms with Gasteiger partial charge in [-0.3, -0.25) is 0 Å². The number of rotatable bonds is 5. The van der Waals surface area contributed by atoms with Gasteiger partial charge in [0.25, 0.3) is 0 Å². The van der Waals surface area contributed by atoms with E-state index in [2.05, 4.69) is 191 Å². The largest absolute Gasteiger partial charge is 0.310 e. The highest BCUT2D eigenvalue weighted by atomic mass is 15.1. The molecule has 0 bridgehead atoms. The van der Waals surface area contributed by atoms with Crippen LogP contribution in [-0.2, 0) is 0 Å². The lowest BCUT2D eigenvalue weighted by molar-refractivity contribution is 1.19. The van der Waals surface area contributed by atoms with Gasteiger partial charge >= 0.3 is 0 Å². The van der Waals surface area contributed by atoms with Crippen molar-refractivity contribution in [1.82, 2.24) is 4.57 Å². The molecule has 0 N–H and O–H groups in total. The van der Waals surface area contributed by atoms with Gasteiger partial charge in [-0.1, -0.05) is 121 Å². The summed E-state index contributed by atoms with van der Waals surface area (Å²) in [4.78, 5) is 2.36. The molecule has 9 aromatic rings. The Bertz CT molecular complexity index is 2530. The summed E-state index contributed by atoms with van der Waals surface area (Å²) in [5.74, 6) is 0. The summed E-state index contributed by atoms with van der Waals surface area (Å²) < 4.78 is 2.44. The summed E-state index contributed by atoms with van der Waals surface area (Å²) in [5, 5.41) is 7.46. The van der Waals surface area contributed by atoms with Crippen molar-refractivity contribution in [1.29, 1.82) is 0 Å². The molecule has 9 rings (SSSR count). The topological polar surface area (TPSA) is 8.17 Å². The highest BCUT2D eigenvalue weighted by molar-refractivity contribution is 6.24. The maximum absolute atomic E-state index is 2.44. The van der Waals surface area contributed by atoms with Crippen LogP contribution in [0.4, 0.5) is 17.1 Å². The van der Waals surface area contributed by atoms with Crippen molar-refractivity contribution in [3.63, 3.8) is 0 Å². The normalized spacial score (nSPS) is 11.5. The molecule has 8 aromatic carbocycles. The first-order valence-electron chi connectivity index (χ1n) is 15.8. The third-order valence-corrected chi connectivity index (χ3v) is 9.10. The predicted octanol–water partition coefficient (Wildman–Crippen LogP) is 12.2. The SMILES string of the molecule is c1ccc(N(c2cccc(-c3cc4ccccc4c4c3c3ccccc3n4-c3ccccc3)c2)c2ccc3ccccc3c2)cc1. The van der Waals surface area contributed by atoms with Gasteiger partial charge < -0.3 is 9.47 Å². The molecular weight excluding hydrogens is 556 g/mol.